The highest BCUT2D eigenvalue weighted by molar-refractivity contribution is 5.93. The van der Waals surface area contributed by atoms with Crippen LogP contribution < -0.4 is 0 Å². The fourth-order valence-electron chi connectivity index (χ4n) is 5.01. The lowest BCUT2D eigenvalue weighted by molar-refractivity contribution is -0.131. The van der Waals surface area contributed by atoms with Crippen molar-refractivity contribution in [3.63, 3.8) is 0 Å². The van der Waals surface area contributed by atoms with Gasteiger partial charge in [0.1, 0.15) is 11.5 Å². The molecule has 4 unspecified atom stereocenters. The van der Waals surface area contributed by atoms with E-state index in [4.69, 9.17) is 0 Å². The van der Waals surface area contributed by atoms with E-state index in [1.54, 1.807) is 11.6 Å². The number of carbonyl (C=O) groups is 2. The summed E-state index contributed by atoms with van der Waals surface area (Å²) in [5.41, 5.74) is 1.64. The molecule has 1 aromatic carbocycles. The number of likely N-dealkylation sites (tertiary alicyclic amines) is 2. The second-order valence-corrected chi connectivity index (χ2v) is 8.49. The number of hydrogen-bond donors (Lipinski definition) is 0. The molecule has 3 aliphatic rings. The van der Waals surface area contributed by atoms with Crippen LogP contribution >= 0.6 is 0 Å². The quantitative estimate of drug-likeness (QED) is 0.820. The lowest BCUT2D eigenvalue weighted by atomic mass is 10.0. The lowest BCUT2D eigenvalue weighted by Crippen LogP contribution is -2.36. The molecule has 1 saturated carbocycles. The first kappa shape index (κ1) is 17.5. The maximum Gasteiger partial charge on any atom is 0.270 e. The molecule has 0 radical (unpaired) electrons. The Morgan fingerprint density at radius 1 is 1.00 bits per heavy atom. The molecule has 6 heteroatoms. The molecule has 0 bridgehead atoms. The summed E-state index contributed by atoms with van der Waals surface area (Å²) in [6.45, 7) is 2.75. The topological polar surface area (TPSA) is 45.6 Å². The zero-order chi connectivity index (χ0) is 19.4. The SMILES string of the molecule is Cn1cc(F)cc1C(=O)N1CC2CN(C(=O)C3CC3c3ccccc3)CC2C1. The monoisotopic (exact) mass is 381 g/mol. The first-order valence-corrected chi connectivity index (χ1v) is 9.96. The second kappa shape index (κ2) is 6.47. The van der Waals surface area contributed by atoms with Gasteiger partial charge in [0.25, 0.3) is 5.91 Å². The van der Waals surface area contributed by atoms with E-state index in [9.17, 15) is 14.0 Å². The lowest BCUT2D eigenvalue weighted by Gasteiger charge is -2.22. The molecule has 3 heterocycles. The van der Waals surface area contributed by atoms with Crippen molar-refractivity contribution in [1.82, 2.24) is 14.4 Å². The fraction of sp³-hybridized carbons (Fsp3) is 0.455. The van der Waals surface area contributed by atoms with Gasteiger partial charge < -0.3 is 14.4 Å². The van der Waals surface area contributed by atoms with Crippen molar-refractivity contribution < 1.29 is 14.0 Å². The normalized spacial score (nSPS) is 28.5. The molecule has 2 aromatic rings. The average Bonchev–Trinajstić information content (AvgIpc) is 3.05. The van der Waals surface area contributed by atoms with E-state index in [0.717, 1.165) is 19.5 Å². The summed E-state index contributed by atoms with van der Waals surface area (Å²) in [5, 5.41) is 0. The zero-order valence-corrected chi connectivity index (χ0v) is 15.9. The Balaban J connectivity index is 1.19. The Hall–Kier alpha value is -2.63. The van der Waals surface area contributed by atoms with Crippen LogP contribution in [0.25, 0.3) is 0 Å². The molecule has 0 N–H and O–H groups in total. The van der Waals surface area contributed by atoms with Gasteiger partial charge in [0.2, 0.25) is 5.91 Å². The predicted octanol–water partition coefficient (Wildman–Crippen LogP) is 2.50. The van der Waals surface area contributed by atoms with Gasteiger partial charge in [-0.3, -0.25) is 9.59 Å². The Labute approximate surface area is 163 Å². The third-order valence-corrected chi connectivity index (χ3v) is 6.61. The van der Waals surface area contributed by atoms with Crippen LogP contribution in [0.4, 0.5) is 4.39 Å². The number of aryl methyl sites for hydroxylation is 1. The maximum absolute atomic E-state index is 13.4. The third-order valence-electron chi connectivity index (χ3n) is 6.61. The third kappa shape index (κ3) is 2.91. The van der Waals surface area contributed by atoms with Gasteiger partial charge in [0, 0.05) is 63.2 Å². The molecule has 146 valence electrons. The molecular formula is C22H24FN3O2. The Morgan fingerprint density at radius 3 is 2.25 bits per heavy atom. The summed E-state index contributed by atoms with van der Waals surface area (Å²) >= 11 is 0. The molecule has 1 aliphatic carbocycles. The highest BCUT2D eigenvalue weighted by atomic mass is 19.1. The number of aromatic nitrogens is 1. The molecule has 0 spiro atoms. The average molecular weight is 381 g/mol. The van der Waals surface area contributed by atoms with Crippen LogP contribution in [0, 0.1) is 23.6 Å². The molecule has 28 heavy (non-hydrogen) atoms. The standard InChI is InChI=1S/C22H24FN3O2/c1-24-13-17(23)7-20(24)22(28)26-11-15-9-25(10-16(15)12-26)21(27)19-8-18(19)14-5-3-2-4-6-14/h2-7,13,15-16,18-19H,8-12H2,1H3. The smallest absolute Gasteiger partial charge is 0.270 e. The van der Waals surface area contributed by atoms with Gasteiger partial charge in [-0.15, -0.1) is 0 Å². The van der Waals surface area contributed by atoms with Crippen molar-refractivity contribution in [2.75, 3.05) is 26.2 Å². The van der Waals surface area contributed by atoms with E-state index < -0.39 is 0 Å². The first-order chi connectivity index (χ1) is 13.5. The van der Waals surface area contributed by atoms with E-state index in [1.165, 1.54) is 17.8 Å². The van der Waals surface area contributed by atoms with E-state index >= 15 is 0 Å². The number of rotatable bonds is 3. The molecule has 3 fully saturated rings. The predicted molar refractivity (Wildman–Crippen MR) is 102 cm³/mol. The summed E-state index contributed by atoms with van der Waals surface area (Å²) in [6, 6.07) is 11.6. The number of benzene rings is 1. The van der Waals surface area contributed by atoms with Crippen molar-refractivity contribution in [3.8, 4) is 0 Å². The number of carbonyl (C=O) groups excluding carboxylic acids is 2. The van der Waals surface area contributed by atoms with Gasteiger partial charge in [-0.1, -0.05) is 30.3 Å². The number of hydrogen-bond acceptors (Lipinski definition) is 2. The van der Waals surface area contributed by atoms with Crippen LogP contribution in [0.5, 0.6) is 0 Å². The Bertz CT molecular complexity index is 911. The van der Waals surface area contributed by atoms with Gasteiger partial charge in [-0.05, 0) is 17.9 Å². The summed E-state index contributed by atoms with van der Waals surface area (Å²) < 4.78 is 14.9. The van der Waals surface area contributed by atoms with E-state index in [2.05, 4.69) is 12.1 Å². The van der Waals surface area contributed by atoms with E-state index in [0.29, 0.717) is 36.5 Å². The maximum atomic E-state index is 13.4. The summed E-state index contributed by atoms with van der Waals surface area (Å²) in [7, 11) is 1.69. The highest BCUT2D eigenvalue weighted by Gasteiger charge is 2.50. The van der Waals surface area contributed by atoms with Crippen LogP contribution in [-0.4, -0.2) is 52.4 Å². The minimum atomic E-state index is -0.389. The summed E-state index contributed by atoms with van der Waals surface area (Å²) in [5.74, 6) is 0.888. The highest BCUT2D eigenvalue weighted by Crippen LogP contribution is 2.49. The molecule has 1 aromatic heterocycles. The molecule has 2 aliphatic heterocycles. The second-order valence-electron chi connectivity index (χ2n) is 8.49. The minimum absolute atomic E-state index is 0.116. The Kier molecular flexibility index (Phi) is 4.03. The molecule has 2 amide bonds. The van der Waals surface area contributed by atoms with Crippen LogP contribution in [0.3, 0.4) is 0 Å². The largest absolute Gasteiger partial charge is 0.344 e. The fourth-order valence-corrected chi connectivity index (χ4v) is 5.01. The summed E-state index contributed by atoms with van der Waals surface area (Å²) in [6.07, 6.45) is 2.27. The van der Waals surface area contributed by atoms with Crippen LogP contribution in [0.2, 0.25) is 0 Å². The molecule has 2 saturated heterocycles. The van der Waals surface area contributed by atoms with Crippen molar-refractivity contribution >= 4 is 11.8 Å². The first-order valence-electron chi connectivity index (χ1n) is 9.96. The molecule has 5 rings (SSSR count). The van der Waals surface area contributed by atoms with Gasteiger partial charge in [-0.2, -0.15) is 0 Å². The van der Waals surface area contributed by atoms with Crippen LogP contribution in [0.1, 0.15) is 28.4 Å². The van der Waals surface area contributed by atoms with Gasteiger partial charge in [0.05, 0.1) is 0 Å². The van der Waals surface area contributed by atoms with Crippen molar-refractivity contribution in [1.29, 1.82) is 0 Å². The molecule has 5 nitrogen and oxygen atoms in total. The van der Waals surface area contributed by atoms with Gasteiger partial charge in [-0.25, -0.2) is 4.39 Å². The van der Waals surface area contributed by atoms with E-state index in [1.807, 2.05) is 28.0 Å². The molecular weight excluding hydrogens is 357 g/mol. The zero-order valence-electron chi connectivity index (χ0n) is 15.9. The number of amides is 2. The Morgan fingerprint density at radius 2 is 1.64 bits per heavy atom. The van der Waals surface area contributed by atoms with Crippen LogP contribution in [-0.2, 0) is 11.8 Å². The number of nitrogens with zero attached hydrogens (tertiary/aromatic N) is 3. The van der Waals surface area contributed by atoms with Gasteiger partial charge >= 0.3 is 0 Å². The minimum Gasteiger partial charge on any atom is -0.344 e. The van der Waals surface area contributed by atoms with Crippen molar-refractivity contribution in [2.24, 2.45) is 24.8 Å². The number of halogens is 1. The summed E-state index contributed by atoms with van der Waals surface area (Å²) in [4.78, 5) is 29.4. The van der Waals surface area contributed by atoms with Crippen molar-refractivity contribution in [2.45, 2.75) is 12.3 Å². The van der Waals surface area contributed by atoms with Crippen LogP contribution in [0.15, 0.2) is 42.6 Å². The van der Waals surface area contributed by atoms with Crippen molar-refractivity contribution in [3.05, 3.63) is 59.7 Å². The number of fused-ring (bicyclic) bond motifs is 1. The molecule has 4 atom stereocenters. The van der Waals surface area contributed by atoms with E-state index in [-0.39, 0.29) is 23.5 Å². The van der Waals surface area contributed by atoms with Gasteiger partial charge in [0.15, 0.2) is 0 Å².